The first kappa shape index (κ1) is 49.9. The van der Waals surface area contributed by atoms with Crippen LogP contribution in [0, 0.1) is 71.0 Å². The first-order chi connectivity index (χ1) is 31.0. The first-order valence-electron chi connectivity index (χ1n) is 27.1. The minimum absolute atomic E-state index is 0.167. The Labute approximate surface area is 409 Å². The monoisotopic (exact) mass is 1070 g/mol. The summed E-state index contributed by atoms with van der Waals surface area (Å²) in [5, 5.41) is 0.580. The molecule has 6 aliphatic heterocycles. The van der Waals surface area contributed by atoms with Gasteiger partial charge in [-0.05, 0) is 158 Å². The van der Waals surface area contributed by atoms with E-state index in [1.807, 2.05) is 0 Å². The van der Waals surface area contributed by atoms with E-state index < -0.39 is 79.1 Å². The number of hydrogen-bond acceptors (Lipinski definition) is 12. The van der Waals surface area contributed by atoms with Crippen molar-refractivity contribution >= 4 is 79.1 Å². The molecule has 21 heteroatoms. The molecule has 0 aromatic carbocycles. The summed E-state index contributed by atoms with van der Waals surface area (Å²) >= 11 is 0. The third-order valence-electron chi connectivity index (χ3n) is 17.1. The van der Waals surface area contributed by atoms with Crippen molar-refractivity contribution in [3.63, 3.8) is 0 Å². The summed E-state index contributed by atoms with van der Waals surface area (Å²) in [5.74, 6) is 6.84. The van der Waals surface area contributed by atoms with Gasteiger partial charge in [0.1, 0.15) is 0 Å². The zero-order valence-electron chi connectivity index (χ0n) is 42.8. The van der Waals surface area contributed by atoms with E-state index in [1.54, 1.807) is 0 Å². The molecule has 66 heavy (non-hydrogen) atoms. The fourth-order valence-electron chi connectivity index (χ4n) is 16.8. The molecule has 16 bridgehead atoms. The summed E-state index contributed by atoms with van der Waals surface area (Å²) in [7, 11) is -31.3. The maximum atomic E-state index is 8.49. The van der Waals surface area contributed by atoms with E-state index in [9.17, 15) is 0 Å². The molecular formula is C45H87O12PSi8. The van der Waals surface area contributed by atoms with Crippen molar-refractivity contribution in [3.8, 4) is 0 Å². The van der Waals surface area contributed by atoms with Gasteiger partial charge >= 0.3 is 71.2 Å². The lowest BCUT2D eigenvalue weighted by atomic mass is 9.55. The fraction of sp³-hybridized carbons (Fsp3) is 1.00. The summed E-state index contributed by atoms with van der Waals surface area (Å²) in [5.41, 5.74) is 0. The van der Waals surface area contributed by atoms with Gasteiger partial charge in [-0.3, -0.25) is 0 Å². The highest BCUT2D eigenvalue weighted by molar-refractivity contribution is 7.63. The predicted octanol–water partition coefficient (Wildman–Crippen LogP) is 11.4. The van der Waals surface area contributed by atoms with E-state index in [-0.39, 0.29) is 45.8 Å². The SMILES string of the molecule is CC(C)C[Si]12O[SiH]3O[Si]4(CC(C)C)O[Si](CC(C)C)(O1)O[Si]1(CC(C)C)O[Si](CC(C)C)(O2)O[Si](CC(C)C)(O3)O[Si](CP(C23CC5CC(CC(C5)C2)C3)C23CC5CC(CC(C5)C2)C3)(O4)O1. The molecule has 0 N–H and O–H groups in total. The van der Waals surface area contributed by atoms with Crippen molar-refractivity contribution in [2.75, 3.05) is 5.79 Å². The zero-order valence-corrected chi connectivity index (χ0v) is 51.8. The molecule has 12 nitrogen and oxygen atoms in total. The van der Waals surface area contributed by atoms with Crippen LogP contribution in [0.4, 0.5) is 0 Å². The quantitative estimate of drug-likeness (QED) is 0.108. The Balaban J connectivity index is 1.16. The predicted molar refractivity (Wildman–Crippen MR) is 272 cm³/mol. The van der Waals surface area contributed by atoms with Crippen molar-refractivity contribution in [1.82, 2.24) is 0 Å². The smallest absolute Gasteiger partial charge is 0.376 e. The van der Waals surface area contributed by atoms with Gasteiger partial charge in [0.05, 0.1) is 0 Å². The highest BCUT2D eigenvalue weighted by Crippen LogP contribution is 2.79. The summed E-state index contributed by atoms with van der Waals surface area (Å²) in [6.45, 7) is 27.0. The van der Waals surface area contributed by atoms with Crippen molar-refractivity contribution in [1.29, 1.82) is 0 Å². The first-order valence-corrected chi connectivity index (χ1v) is 43.5. The lowest BCUT2D eigenvalue weighted by Crippen LogP contribution is -2.87. The maximum absolute atomic E-state index is 8.49. The Kier molecular flexibility index (Phi) is 13.1. The van der Waals surface area contributed by atoms with Crippen LogP contribution in [0.5, 0.6) is 0 Å². The van der Waals surface area contributed by atoms with Crippen LogP contribution < -0.4 is 0 Å². The molecular weight excluding hydrogens is 988 g/mol. The van der Waals surface area contributed by atoms with E-state index in [0.717, 1.165) is 41.3 Å². The molecule has 0 aromatic rings. The molecule has 0 spiro atoms. The number of rotatable bonds is 16. The summed E-state index contributed by atoms with van der Waals surface area (Å²) in [6, 6.07) is 3.35. The van der Waals surface area contributed by atoms with E-state index in [2.05, 4.69) is 83.1 Å². The molecule has 14 aliphatic rings. The summed E-state index contributed by atoms with van der Waals surface area (Å²) in [6.07, 6.45) is 16.8. The summed E-state index contributed by atoms with van der Waals surface area (Å²) in [4.78, 5) is 0. The maximum Gasteiger partial charge on any atom is 0.483 e. The Morgan fingerprint density at radius 2 is 0.561 bits per heavy atom. The fourth-order valence-corrected chi connectivity index (χ4v) is 73.9. The van der Waals surface area contributed by atoms with E-state index in [0.29, 0.717) is 36.3 Å². The minimum atomic E-state index is -4.05. The average Bonchev–Trinajstić information content (AvgIpc) is 3.07. The molecule has 6 heterocycles. The lowest BCUT2D eigenvalue weighted by Gasteiger charge is -2.68. The molecule has 14 fully saturated rings. The molecule has 4 atom stereocenters. The van der Waals surface area contributed by atoms with Crippen molar-refractivity contribution in [3.05, 3.63) is 0 Å². The van der Waals surface area contributed by atoms with Gasteiger partial charge in [0.15, 0.2) is 0 Å². The van der Waals surface area contributed by atoms with E-state index in [1.165, 1.54) is 77.0 Å². The van der Waals surface area contributed by atoms with Gasteiger partial charge in [-0.2, -0.15) is 0 Å². The normalized spacial score (nSPS) is 51.5. The Morgan fingerprint density at radius 1 is 0.348 bits per heavy atom. The van der Waals surface area contributed by atoms with Gasteiger partial charge < -0.3 is 49.4 Å². The molecule has 14 rings (SSSR count). The van der Waals surface area contributed by atoms with Gasteiger partial charge in [0.2, 0.25) is 0 Å². The largest absolute Gasteiger partial charge is 0.483 e. The molecule has 0 amide bonds. The van der Waals surface area contributed by atoms with Gasteiger partial charge in [-0.1, -0.05) is 91.0 Å². The molecule has 6 saturated heterocycles. The van der Waals surface area contributed by atoms with Crippen LogP contribution in [0.15, 0.2) is 0 Å². The van der Waals surface area contributed by atoms with Crippen LogP contribution >= 0.6 is 7.92 Å². The molecule has 8 saturated carbocycles. The zero-order chi connectivity index (χ0) is 46.5. The second-order valence-electron chi connectivity index (χ2n) is 26.8. The highest BCUT2D eigenvalue weighted by Gasteiger charge is 2.82. The third-order valence-corrected chi connectivity index (χ3v) is 60.2. The van der Waals surface area contributed by atoms with Gasteiger partial charge in [0.25, 0.3) is 0 Å². The standard InChI is InChI=1S/C45H87O12PSi8/c1-32(2)25-60-46-59-47-61(26-33(3)4)51-63(49-60,28-35(7)8)55-65(30-37(11)12)56-64(50-60,29-36(9)10)52-62(48-59,27-34(5)6)54-66(53-61,57-65)31-58(44-19-38-13-39(20-44)15-40(14-38)21-44)45-22-41-16-42(23-45)18-43(17-41)24-45/h32-43,59H,13-31H2,1-12H3. The topological polar surface area (TPSA) is 111 Å². The van der Waals surface area contributed by atoms with Crippen LogP contribution in [-0.2, 0) is 49.4 Å². The van der Waals surface area contributed by atoms with Gasteiger partial charge in [-0.25, -0.2) is 0 Å². The Morgan fingerprint density at radius 3 is 0.818 bits per heavy atom. The molecule has 8 aliphatic carbocycles. The van der Waals surface area contributed by atoms with E-state index in [4.69, 9.17) is 49.4 Å². The second kappa shape index (κ2) is 17.4. The minimum Gasteiger partial charge on any atom is -0.376 e. The van der Waals surface area contributed by atoms with Gasteiger partial charge in [0, 0.05) is 42.0 Å². The molecule has 0 aromatic heterocycles. The second-order valence-corrected chi connectivity index (χ2v) is 53.6. The highest BCUT2D eigenvalue weighted by atomic mass is 31.1. The molecule has 0 radical (unpaired) electrons. The van der Waals surface area contributed by atoms with Crippen LogP contribution in [0.3, 0.4) is 0 Å². The van der Waals surface area contributed by atoms with Crippen molar-refractivity contribution in [2.24, 2.45) is 71.0 Å². The molecule has 376 valence electrons. The van der Waals surface area contributed by atoms with Crippen molar-refractivity contribution in [2.45, 2.75) is 207 Å². The van der Waals surface area contributed by atoms with Crippen molar-refractivity contribution < 1.29 is 49.4 Å². The third kappa shape index (κ3) is 9.32. The Hall–Kier alpha value is 1.69. The van der Waals surface area contributed by atoms with Gasteiger partial charge in [-0.15, -0.1) is 0 Å². The lowest BCUT2D eigenvalue weighted by molar-refractivity contribution is -0.0251. The summed E-state index contributed by atoms with van der Waals surface area (Å²) < 4.78 is 96.5. The van der Waals surface area contributed by atoms with Crippen LogP contribution in [0.2, 0.25) is 36.3 Å². The van der Waals surface area contributed by atoms with Crippen LogP contribution in [0.25, 0.3) is 0 Å². The average molecular weight is 1080 g/mol. The molecule has 4 unspecified atom stereocenters. The van der Waals surface area contributed by atoms with Crippen LogP contribution in [-0.4, -0.2) is 87.3 Å². The van der Waals surface area contributed by atoms with E-state index >= 15 is 0 Å². The Bertz CT molecular complexity index is 1660. The van der Waals surface area contributed by atoms with Crippen LogP contribution in [0.1, 0.15) is 160 Å². The number of hydrogen-bond donors (Lipinski definition) is 0.